The van der Waals surface area contributed by atoms with Crippen LogP contribution in [-0.2, 0) is 4.79 Å². The Morgan fingerprint density at radius 3 is 2.23 bits per heavy atom. The molecule has 2 fully saturated rings. The number of nitrogens with zero attached hydrogens (tertiary/aromatic N) is 4. The maximum atomic E-state index is 13.0. The Morgan fingerprint density at radius 1 is 0.900 bits per heavy atom. The van der Waals surface area contributed by atoms with Gasteiger partial charge >= 0.3 is 0 Å². The second-order valence-corrected chi connectivity index (χ2v) is 8.81. The van der Waals surface area contributed by atoms with E-state index in [0.29, 0.717) is 38.2 Å². The van der Waals surface area contributed by atoms with Crippen molar-refractivity contribution in [2.24, 2.45) is 5.92 Å². The van der Waals surface area contributed by atoms with Gasteiger partial charge in [0.25, 0.3) is 5.91 Å². The fourth-order valence-electron chi connectivity index (χ4n) is 4.67. The number of hydrogen-bond acceptors (Lipinski definition) is 4. The maximum absolute atomic E-state index is 13.0. The summed E-state index contributed by atoms with van der Waals surface area (Å²) in [6.45, 7) is 6.30. The zero-order valence-electron chi connectivity index (χ0n) is 18.2. The fourth-order valence-corrected chi connectivity index (χ4v) is 4.67. The number of aryl methyl sites for hydroxylation is 2. The molecule has 1 aliphatic carbocycles. The Balaban J connectivity index is 1.32. The molecule has 1 saturated heterocycles. The van der Waals surface area contributed by atoms with Crippen LogP contribution in [0.3, 0.4) is 0 Å². The minimum Gasteiger partial charge on any atom is -0.339 e. The Labute approximate surface area is 178 Å². The van der Waals surface area contributed by atoms with E-state index in [2.05, 4.69) is 9.97 Å². The van der Waals surface area contributed by atoms with Crippen LogP contribution in [0, 0.1) is 19.8 Å². The summed E-state index contributed by atoms with van der Waals surface area (Å²) in [7, 11) is 0. The van der Waals surface area contributed by atoms with Crippen molar-refractivity contribution < 1.29 is 9.59 Å². The number of aromatic nitrogens is 2. The lowest BCUT2D eigenvalue weighted by Gasteiger charge is -2.35. The highest BCUT2D eigenvalue weighted by Gasteiger charge is 2.25. The van der Waals surface area contributed by atoms with E-state index in [-0.39, 0.29) is 11.8 Å². The van der Waals surface area contributed by atoms with Crippen molar-refractivity contribution in [3.05, 3.63) is 35.2 Å². The number of piperazine rings is 1. The molecule has 1 aromatic heterocycles. The molecule has 6 heteroatoms. The van der Waals surface area contributed by atoms with Crippen LogP contribution in [0.25, 0.3) is 11.0 Å². The molecule has 160 valence electrons. The van der Waals surface area contributed by atoms with Gasteiger partial charge in [0.2, 0.25) is 5.91 Å². The van der Waals surface area contributed by atoms with Gasteiger partial charge in [-0.15, -0.1) is 0 Å². The van der Waals surface area contributed by atoms with Gasteiger partial charge in [0.05, 0.1) is 22.4 Å². The van der Waals surface area contributed by atoms with Crippen LogP contribution in [0.2, 0.25) is 0 Å². The molecule has 2 aromatic rings. The van der Waals surface area contributed by atoms with Crippen LogP contribution in [0.1, 0.15) is 66.7 Å². The predicted molar refractivity (Wildman–Crippen MR) is 117 cm³/mol. The highest BCUT2D eigenvalue weighted by atomic mass is 16.2. The number of rotatable bonds is 4. The van der Waals surface area contributed by atoms with E-state index in [4.69, 9.17) is 0 Å². The summed E-state index contributed by atoms with van der Waals surface area (Å²) in [6, 6.07) is 5.53. The summed E-state index contributed by atoms with van der Waals surface area (Å²) in [4.78, 5) is 38.5. The molecule has 1 aromatic carbocycles. The van der Waals surface area contributed by atoms with Gasteiger partial charge in [-0.05, 0) is 44.4 Å². The first-order valence-electron chi connectivity index (χ1n) is 11.3. The second kappa shape index (κ2) is 9.11. The molecule has 0 unspecified atom stereocenters. The smallest absolute Gasteiger partial charge is 0.254 e. The average Bonchev–Trinajstić information content (AvgIpc) is 2.78. The highest BCUT2D eigenvalue weighted by molar-refractivity contribution is 5.97. The molecule has 1 saturated carbocycles. The van der Waals surface area contributed by atoms with Crippen LogP contribution in [0.4, 0.5) is 0 Å². The van der Waals surface area contributed by atoms with Crippen molar-refractivity contribution in [3.8, 4) is 0 Å². The molecule has 0 radical (unpaired) electrons. The minimum absolute atomic E-state index is 0.00577. The number of benzene rings is 1. The van der Waals surface area contributed by atoms with Crippen LogP contribution >= 0.6 is 0 Å². The Hall–Kier alpha value is -2.50. The van der Waals surface area contributed by atoms with E-state index in [1.54, 1.807) is 0 Å². The zero-order chi connectivity index (χ0) is 21.1. The Kier molecular flexibility index (Phi) is 6.30. The Morgan fingerprint density at radius 2 is 1.53 bits per heavy atom. The van der Waals surface area contributed by atoms with Gasteiger partial charge in [-0.3, -0.25) is 9.59 Å². The SMILES string of the molecule is Cc1nc2ccc(C(=O)N3CCN(C(=O)CCC4CCCCC4)CC3)cc2nc1C. The van der Waals surface area contributed by atoms with Crippen LogP contribution in [-0.4, -0.2) is 57.8 Å². The van der Waals surface area contributed by atoms with E-state index < -0.39 is 0 Å². The highest BCUT2D eigenvalue weighted by Crippen LogP contribution is 2.27. The molecule has 2 heterocycles. The number of carbonyl (C=O) groups excluding carboxylic acids is 2. The molecule has 2 amide bonds. The van der Waals surface area contributed by atoms with E-state index in [1.165, 1.54) is 32.1 Å². The molecule has 1 aliphatic heterocycles. The summed E-state index contributed by atoms with van der Waals surface area (Å²) in [5, 5.41) is 0. The fraction of sp³-hybridized carbons (Fsp3) is 0.583. The first kappa shape index (κ1) is 20.8. The first-order chi connectivity index (χ1) is 14.5. The molecule has 0 N–H and O–H groups in total. The monoisotopic (exact) mass is 408 g/mol. The van der Waals surface area contributed by atoms with E-state index >= 15 is 0 Å². The minimum atomic E-state index is 0.00577. The summed E-state index contributed by atoms with van der Waals surface area (Å²) >= 11 is 0. The number of amides is 2. The van der Waals surface area contributed by atoms with E-state index in [9.17, 15) is 9.59 Å². The predicted octanol–water partition coefficient (Wildman–Crippen LogP) is 3.89. The lowest BCUT2D eigenvalue weighted by molar-refractivity contribution is -0.133. The standard InChI is InChI=1S/C24H32N4O2/c1-17-18(2)26-22-16-20(9-10-21(22)25-17)24(30)28-14-12-27(13-15-28)23(29)11-8-19-6-4-3-5-7-19/h9-10,16,19H,3-8,11-15H2,1-2H3. The van der Waals surface area contributed by atoms with Gasteiger partial charge in [0, 0.05) is 38.2 Å². The molecule has 0 atom stereocenters. The van der Waals surface area contributed by atoms with Crippen molar-refractivity contribution >= 4 is 22.8 Å². The molecule has 2 aliphatic rings. The van der Waals surface area contributed by atoms with Crippen LogP contribution in [0.5, 0.6) is 0 Å². The molecule has 0 bridgehead atoms. The third-order valence-electron chi connectivity index (χ3n) is 6.73. The number of fused-ring (bicyclic) bond motifs is 1. The van der Waals surface area contributed by atoms with Crippen molar-refractivity contribution in [1.82, 2.24) is 19.8 Å². The first-order valence-corrected chi connectivity index (χ1v) is 11.3. The number of carbonyl (C=O) groups is 2. The van der Waals surface area contributed by atoms with Gasteiger partial charge < -0.3 is 9.80 Å². The maximum Gasteiger partial charge on any atom is 0.254 e. The average molecular weight is 409 g/mol. The zero-order valence-corrected chi connectivity index (χ0v) is 18.2. The van der Waals surface area contributed by atoms with E-state index in [1.807, 2.05) is 41.8 Å². The van der Waals surface area contributed by atoms with E-state index in [0.717, 1.165) is 34.8 Å². The topological polar surface area (TPSA) is 66.4 Å². The van der Waals surface area contributed by atoms with Gasteiger partial charge in [-0.1, -0.05) is 32.1 Å². The normalized spacial score (nSPS) is 18.1. The summed E-state index contributed by atoms with van der Waals surface area (Å²) in [6.07, 6.45) is 8.23. The van der Waals surface area contributed by atoms with Crippen molar-refractivity contribution in [1.29, 1.82) is 0 Å². The van der Waals surface area contributed by atoms with Gasteiger partial charge in [0.15, 0.2) is 0 Å². The lowest BCUT2D eigenvalue weighted by Crippen LogP contribution is -2.50. The molecule has 0 spiro atoms. The molecule has 4 rings (SSSR count). The van der Waals surface area contributed by atoms with Gasteiger partial charge in [-0.25, -0.2) is 9.97 Å². The third kappa shape index (κ3) is 4.63. The summed E-state index contributed by atoms with van der Waals surface area (Å²) in [5.74, 6) is 0.986. The largest absolute Gasteiger partial charge is 0.339 e. The quantitative estimate of drug-likeness (QED) is 0.770. The molecule has 6 nitrogen and oxygen atoms in total. The molecular formula is C24H32N4O2. The third-order valence-corrected chi connectivity index (χ3v) is 6.73. The van der Waals surface area contributed by atoms with Crippen molar-refractivity contribution in [2.45, 2.75) is 58.8 Å². The van der Waals surface area contributed by atoms with Gasteiger partial charge in [-0.2, -0.15) is 0 Å². The summed E-state index contributed by atoms with van der Waals surface area (Å²) < 4.78 is 0. The molecule has 30 heavy (non-hydrogen) atoms. The second-order valence-electron chi connectivity index (χ2n) is 8.81. The number of hydrogen-bond donors (Lipinski definition) is 0. The lowest BCUT2D eigenvalue weighted by atomic mass is 9.86. The Bertz CT molecular complexity index is 928. The molecular weight excluding hydrogens is 376 g/mol. The van der Waals surface area contributed by atoms with Crippen LogP contribution in [0.15, 0.2) is 18.2 Å². The van der Waals surface area contributed by atoms with Crippen molar-refractivity contribution in [3.63, 3.8) is 0 Å². The van der Waals surface area contributed by atoms with Gasteiger partial charge in [0.1, 0.15) is 0 Å². The van der Waals surface area contributed by atoms with Crippen molar-refractivity contribution in [2.75, 3.05) is 26.2 Å². The summed E-state index contributed by atoms with van der Waals surface area (Å²) in [5.41, 5.74) is 3.99. The van der Waals surface area contributed by atoms with Crippen LogP contribution < -0.4 is 0 Å².